The van der Waals surface area contributed by atoms with Crippen LogP contribution in [0.15, 0.2) is 52.3 Å². The van der Waals surface area contributed by atoms with E-state index in [9.17, 15) is 4.79 Å². The number of benzene rings is 2. The lowest BCUT2D eigenvalue weighted by Gasteiger charge is -2.03. The fourth-order valence-corrected chi connectivity index (χ4v) is 3.84. The average Bonchev–Trinajstić information content (AvgIpc) is 3.29. The highest BCUT2D eigenvalue weighted by atomic mass is 32.1. The van der Waals surface area contributed by atoms with Gasteiger partial charge in [-0.15, -0.1) is 11.3 Å². The highest BCUT2D eigenvalue weighted by Crippen LogP contribution is 2.31. The minimum Gasteiger partial charge on any atom is -0.490 e. The third-order valence-corrected chi connectivity index (χ3v) is 5.17. The summed E-state index contributed by atoms with van der Waals surface area (Å²) in [6.45, 7) is 6.56. The fourth-order valence-electron chi connectivity index (χ4n) is 3.13. The molecule has 28 heavy (non-hydrogen) atoms. The lowest BCUT2D eigenvalue weighted by molar-refractivity contribution is 0.0998. The number of rotatable bonds is 5. The number of fused-ring (bicyclic) bond motifs is 1. The van der Waals surface area contributed by atoms with E-state index in [2.05, 4.69) is 42.3 Å². The molecule has 0 saturated carbocycles. The van der Waals surface area contributed by atoms with Gasteiger partial charge < -0.3 is 9.15 Å². The van der Waals surface area contributed by atoms with Crippen LogP contribution in [-0.4, -0.2) is 17.5 Å². The predicted octanol–water partition coefficient (Wildman–Crippen LogP) is 5.82. The molecule has 0 bridgehead atoms. The topological polar surface area (TPSA) is 64.4 Å². The van der Waals surface area contributed by atoms with Crippen LogP contribution < -0.4 is 10.1 Å². The molecule has 4 aromatic rings. The Morgan fingerprint density at radius 3 is 2.86 bits per heavy atom. The summed E-state index contributed by atoms with van der Waals surface area (Å²) in [4.78, 5) is 17.2. The monoisotopic (exact) mass is 392 g/mol. The first kappa shape index (κ1) is 18.3. The number of aromatic nitrogens is 1. The first-order valence-corrected chi connectivity index (χ1v) is 9.93. The van der Waals surface area contributed by atoms with E-state index in [4.69, 9.17) is 9.15 Å². The van der Waals surface area contributed by atoms with Crippen molar-refractivity contribution in [2.24, 2.45) is 0 Å². The van der Waals surface area contributed by atoms with Gasteiger partial charge in [-0.2, -0.15) is 0 Å². The second-order valence-electron chi connectivity index (χ2n) is 6.53. The molecule has 0 aliphatic heterocycles. The van der Waals surface area contributed by atoms with E-state index >= 15 is 0 Å². The number of carbonyl (C=O) groups is 1. The average molecular weight is 392 g/mol. The number of amides is 1. The van der Waals surface area contributed by atoms with Crippen LogP contribution >= 0.6 is 11.3 Å². The Balaban J connectivity index is 1.57. The molecule has 0 fully saturated rings. The number of nitrogens with zero attached hydrogens (tertiary/aromatic N) is 1. The largest absolute Gasteiger partial charge is 0.490 e. The number of nitrogens with one attached hydrogen (secondary N) is 1. The molecule has 6 heteroatoms. The molecular formula is C22H20N2O3S. The molecule has 0 saturated heterocycles. The molecule has 5 nitrogen and oxygen atoms in total. The van der Waals surface area contributed by atoms with Crippen molar-refractivity contribution in [2.75, 3.05) is 11.9 Å². The van der Waals surface area contributed by atoms with Crippen molar-refractivity contribution in [1.82, 2.24) is 4.98 Å². The van der Waals surface area contributed by atoms with Crippen molar-refractivity contribution in [1.29, 1.82) is 0 Å². The standard InChI is InChI=1S/C22H20N2O3S/c1-4-26-18-7-5-6-15-11-19(27-20(15)18)21(25)24-22-23-17(12-28-22)16-9-8-13(2)10-14(16)3/h5-12H,4H2,1-3H3,(H,23,24,25). The molecule has 0 aliphatic rings. The quantitative estimate of drug-likeness (QED) is 0.464. The summed E-state index contributed by atoms with van der Waals surface area (Å²) in [5.41, 5.74) is 4.85. The Kier molecular flexibility index (Phi) is 4.88. The summed E-state index contributed by atoms with van der Waals surface area (Å²) in [7, 11) is 0. The summed E-state index contributed by atoms with van der Waals surface area (Å²) in [6, 6.07) is 13.5. The van der Waals surface area contributed by atoms with Crippen LogP contribution in [0.4, 0.5) is 5.13 Å². The van der Waals surface area contributed by atoms with Gasteiger partial charge >= 0.3 is 0 Å². The second-order valence-corrected chi connectivity index (χ2v) is 7.39. The van der Waals surface area contributed by atoms with Gasteiger partial charge in [0.15, 0.2) is 22.2 Å². The Bertz CT molecular complexity index is 1160. The van der Waals surface area contributed by atoms with Gasteiger partial charge in [-0.1, -0.05) is 35.9 Å². The zero-order valence-electron chi connectivity index (χ0n) is 15.9. The predicted molar refractivity (Wildman–Crippen MR) is 112 cm³/mol. The number of hydrogen-bond acceptors (Lipinski definition) is 5. The third-order valence-electron chi connectivity index (χ3n) is 4.41. The smallest absolute Gasteiger partial charge is 0.293 e. The molecule has 0 radical (unpaired) electrons. The lowest BCUT2D eigenvalue weighted by Crippen LogP contribution is -2.10. The van der Waals surface area contributed by atoms with Gasteiger partial charge in [0.2, 0.25) is 0 Å². The first-order chi connectivity index (χ1) is 13.5. The summed E-state index contributed by atoms with van der Waals surface area (Å²) < 4.78 is 11.3. The van der Waals surface area contributed by atoms with E-state index in [0.717, 1.165) is 22.2 Å². The maximum atomic E-state index is 12.6. The molecule has 4 rings (SSSR count). The highest BCUT2D eigenvalue weighted by molar-refractivity contribution is 7.14. The van der Waals surface area contributed by atoms with Crippen molar-refractivity contribution in [3.63, 3.8) is 0 Å². The van der Waals surface area contributed by atoms with Gasteiger partial charge in [0, 0.05) is 16.3 Å². The third kappa shape index (κ3) is 3.51. The lowest BCUT2D eigenvalue weighted by atomic mass is 10.0. The molecule has 2 aromatic heterocycles. The van der Waals surface area contributed by atoms with Gasteiger partial charge in [0.1, 0.15) is 0 Å². The van der Waals surface area contributed by atoms with Crippen LogP contribution in [0.3, 0.4) is 0 Å². The van der Waals surface area contributed by atoms with Gasteiger partial charge in [0.05, 0.1) is 12.3 Å². The number of furan rings is 1. The van der Waals surface area contributed by atoms with E-state index in [1.54, 1.807) is 6.07 Å². The van der Waals surface area contributed by atoms with Crippen LogP contribution in [0.1, 0.15) is 28.6 Å². The Labute approximate surface area is 167 Å². The molecule has 2 heterocycles. The van der Waals surface area contributed by atoms with E-state index in [0.29, 0.717) is 23.1 Å². The van der Waals surface area contributed by atoms with Crippen molar-refractivity contribution in [3.8, 4) is 17.0 Å². The Hall–Kier alpha value is -3.12. The Morgan fingerprint density at radius 2 is 2.07 bits per heavy atom. The number of anilines is 1. The van der Waals surface area contributed by atoms with Gasteiger partial charge in [0.25, 0.3) is 5.91 Å². The molecule has 0 aliphatic carbocycles. The number of aryl methyl sites for hydroxylation is 2. The van der Waals surface area contributed by atoms with Crippen LogP contribution in [0.5, 0.6) is 5.75 Å². The van der Waals surface area contributed by atoms with Gasteiger partial charge in [-0.25, -0.2) is 4.98 Å². The van der Waals surface area contributed by atoms with Crippen molar-refractivity contribution < 1.29 is 13.9 Å². The molecular weight excluding hydrogens is 372 g/mol. The summed E-state index contributed by atoms with van der Waals surface area (Å²) >= 11 is 1.39. The van der Waals surface area contributed by atoms with Crippen LogP contribution in [0.25, 0.3) is 22.2 Å². The molecule has 0 spiro atoms. The number of para-hydroxylation sites is 1. The van der Waals surface area contributed by atoms with Crippen molar-refractivity contribution in [2.45, 2.75) is 20.8 Å². The molecule has 2 aromatic carbocycles. The molecule has 1 N–H and O–H groups in total. The first-order valence-electron chi connectivity index (χ1n) is 9.05. The minimum absolute atomic E-state index is 0.227. The number of thiazole rings is 1. The Morgan fingerprint density at radius 1 is 1.21 bits per heavy atom. The maximum absolute atomic E-state index is 12.6. The normalized spacial score (nSPS) is 11.0. The van der Waals surface area contributed by atoms with E-state index in [-0.39, 0.29) is 11.7 Å². The second kappa shape index (κ2) is 7.48. The molecule has 0 unspecified atom stereocenters. The number of hydrogen-bond donors (Lipinski definition) is 1. The molecule has 1 amide bonds. The van der Waals surface area contributed by atoms with Crippen LogP contribution in [0, 0.1) is 13.8 Å². The number of carbonyl (C=O) groups excluding carboxylic acids is 1. The zero-order chi connectivity index (χ0) is 19.7. The van der Waals surface area contributed by atoms with E-state index < -0.39 is 0 Å². The van der Waals surface area contributed by atoms with Crippen molar-refractivity contribution in [3.05, 3.63) is 64.7 Å². The summed E-state index contributed by atoms with van der Waals surface area (Å²) in [5, 5.41) is 6.13. The highest BCUT2D eigenvalue weighted by Gasteiger charge is 2.17. The zero-order valence-corrected chi connectivity index (χ0v) is 16.7. The summed E-state index contributed by atoms with van der Waals surface area (Å²) in [5.74, 6) is 0.524. The summed E-state index contributed by atoms with van der Waals surface area (Å²) in [6.07, 6.45) is 0. The van der Waals surface area contributed by atoms with Gasteiger partial charge in [-0.3, -0.25) is 10.1 Å². The van der Waals surface area contributed by atoms with E-state index in [1.807, 2.05) is 30.5 Å². The molecule has 142 valence electrons. The van der Waals surface area contributed by atoms with Crippen LogP contribution in [0.2, 0.25) is 0 Å². The van der Waals surface area contributed by atoms with Crippen LogP contribution in [-0.2, 0) is 0 Å². The van der Waals surface area contributed by atoms with Crippen molar-refractivity contribution >= 4 is 33.3 Å². The maximum Gasteiger partial charge on any atom is 0.293 e. The van der Waals surface area contributed by atoms with E-state index in [1.165, 1.54) is 16.9 Å². The fraction of sp³-hybridized carbons (Fsp3) is 0.182. The minimum atomic E-state index is -0.333. The molecule has 0 atom stereocenters. The van der Waals surface area contributed by atoms with Gasteiger partial charge in [-0.05, 0) is 38.5 Å². The number of ether oxygens (including phenoxy) is 1. The SMILES string of the molecule is CCOc1cccc2cc(C(=O)Nc3nc(-c4ccc(C)cc4C)cs3)oc12.